The summed E-state index contributed by atoms with van der Waals surface area (Å²) in [5.41, 5.74) is 1.19. The monoisotopic (exact) mass is 488 g/mol. The van der Waals surface area contributed by atoms with Gasteiger partial charge in [-0.3, -0.25) is 19.1 Å². The molecule has 10 nitrogen and oxygen atoms in total. The summed E-state index contributed by atoms with van der Waals surface area (Å²) in [4.78, 5) is 39.0. The average Bonchev–Trinajstić information content (AvgIpc) is 3.20. The van der Waals surface area contributed by atoms with Gasteiger partial charge in [0, 0.05) is 23.2 Å². The highest BCUT2D eigenvalue weighted by molar-refractivity contribution is 7.93. The third-order valence-corrected chi connectivity index (χ3v) is 6.51. The number of benzene rings is 2. The minimum Gasteiger partial charge on any atom is -0.481 e. The van der Waals surface area contributed by atoms with Gasteiger partial charge in [-0.2, -0.15) is 0 Å². The highest BCUT2D eigenvalue weighted by Gasteiger charge is 2.16. The number of aliphatic carboxylic acids is 1. The van der Waals surface area contributed by atoms with Crippen LogP contribution in [0.2, 0.25) is 0 Å². The van der Waals surface area contributed by atoms with E-state index in [1.54, 1.807) is 35.7 Å². The van der Waals surface area contributed by atoms with Crippen molar-refractivity contribution in [3.8, 4) is 0 Å². The first-order valence-electron chi connectivity index (χ1n) is 9.65. The van der Waals surface area contributed by atoms with Crippen molar-refractivity contribution in [2.75, 3.05) is 16.6 Å². The van der Waals surface area contributed by atoms with E-state index in [0.29, 0.717) is 16.9 Å². The molecule has 0 fully saturated rings. The first-order valence-corrected chi connectivity index (χ1v) is 12.0. The van der Waals surface area contributed by atoms with Gasteiger partial charge in [0.25, 0.3) is 15.9 Å². The number of thiazole rings is 1. The van der Waals surface area contributed by atoms with Crippen LogP contribution in [0.1, 0.15) is 22.5 Å². The van der Waals surface area contributed by atoms with E-state index in [2.05, 4.69) is 20.3 Å². The Hall–Kier alpha value is -3.77. The number of hydrogen-bond donors (Lipinski definition) is 4. The van der Waals surface area contributed by atoms with Gasteiger partial charge in [-0.15, -0.1) is 11.3 Å². The second-order valence-corrected chi connectivity index (χ2v) is 9.30. The van der Waals surface area contributed by atoms with Crippen LogP contribution >= 0.6 is 11.3 Å². The molecule has 0 radical (unpaired) electrons. The molecule has 12 heteroatoms. The molecule has 172 valence electrons. The van der Waals surface area contributed by atoms with Gasteiger partial charge < -0.3 is 15.7 Å². The molecule has 3 rings (SSSR count). The van der Waals surface area contributed by atoms with E-state index in [0.717, 1.165) is 11.3 Å². The van der Waals surface area contributed by atoms with Crippen LogP contribution in [0.3, 0.4) is 0 Å². The smallest absolute Gasteiger partial charge is 0.305 e. The number of carbonyl (C=O) groups is 3. The number of carboxylic acid groups (broad SMARTS) is 1. The lowest BCUT2D eigenvalue weighted by molar-refractivity contribution is -0.136. The molecule has 0 aliphatic heterocycles. The number of anilines is 2. The summed E-state index contributed by atoms with van der Waals surface area (Å²) >= 11 is 1.07. The number of amides is 2. The minimum absolute atomic E-state index is 0.0176. The van der Waals surface area contributed by atoms with Gasteiger partial charge >= 0.3 is 5.97 Å². The summed E-state index contributed by atoms with van der Waals surface area (Å²) in [5, 5.41) is 15.5. The molecule has 0 aliphatic rings. The van der Waals surface area contributed by atoms with Crippen LogP contribution in [0.15, 0.2) is 64.9 Å². The van der Waals surface area contributed by atoms with E-state index < -0.39 is 21.9 Å². The molecule has 0 unspecified atom stereocenters. The van der Waals surface area contributed by atoms with Crippen molar-refractivity contribution in [3.63, 3.8) is 0 Å². The lowest BCUT2D eigenvalue weighted by Gasteiger charge is -2.07. The predicted octanol–water partition coefficient (Wildman–Crippen LogP) is 2.33. The molecule has 4 N–H and O–H groups in total. The van der Waals surface area contributed by atoms with E-state index in [9.17, 15) is 22.8 Å². The first-order chi connectivity index (χ1) is 15.7. The second kappa shape index (κ2) is 10.7. The molecule has 0 bridgehead atoms. The summed E-state index contributed by atoms with van der Waals surface area (Å²) in [5.74, 6) is -1.78. The number of carbonyl (C=O) groups excluding carboxylic acids is 2. The van der Waals surface area contributed by atoms with E-state index in [4.69, 9.17) is 5.11 Å². The molecule has 0 saturated carbocycles. The maximum atomic E-state index is 12.4. The number of sulfonamides is 1. The van der Waals surface area contributed by atoms with Gasteiger partial charge in [0.2, 0.25) is 5.91 Å². The fourth-order valence-electron chi connectivity index (χ4n) is 2.67. The molecule has 0 saturated heterocycles. The lowest BCUT2D eigenvalue weighted by Crippen LogP contribution is -2.26. The Morgan fingerprint density at radius 2 is 1.70 bits per heavy atom. The van der Waals surface area contributed by atoms with Crippen LogP contribution in [-0.2, 0) is 26.0 Å². The zero-order chi connectivity index (χ0) is 23.8. The Bertz CT molecular complexity index is 1240. The highest BCUT2D eigenvalue weighted by Crippen LogP contribution is 2.20. The summed E-state index contributed by atoms with van der Waals surface area (Å²) in [6.07, 6.45) is -0.243. The topological polar surface area (TPSA) is 155 Å². The average molecular weight is 489 g/mol. The predicted molar refractivity (Wildman–Crippen MR) is 123 cm³/mol. The van der Waals surface area contributed by atoms with Crippen LogP contribution in [-0.4, -0.2) is 42.8 Å². The van der Waals surface area contributed by atoms with Gasteiger partial charge in [0.1, 0.15) is 0 Å². The van der Waals surface area contributed by atoms with Crippen molar-refractivity contribution >= 4 is 50.0 Å². The molecule has 3 aromatic rings. The van der Waals surface area contributed by atoms with Gasteiger partial charge in [-0.05, 0) is 36.4 Å². The van der Waals surface area contributed by atoms with Gasteiger partial charge in [-0.1, -0.05) is 18.2 Å². The van der Waals surface area contributed by atoms with Gasteiger partial charge in [0.15, 0.2) is 5.13 Å². The highest BCUT2D eigenvalue weighted by atomic mass is 32.2. The number of nitrogens with one attached hydrogen (secondary N) is 3. The van der Waals surface area contributed by atoms with Gasteiger partial charge in [-0.25, -0.2) is 13.4 Å². The van der Waals surface area contributed by atoms with E-state index in [-0.39, 0.29) is 35.3 Å². The van der Waals surface area contributed by atoms with E-state index in [1.807, 2.05) is 0 Å². The SMILES string of the molecule is O=C(O)CCNC(=O)c1ccc(NC(=O)Cc2csc(NS(=O)(=O)c3ccccc3)n2)cc1. The number of carboxylic acids is 1. The summed E-state index contributed by atoms with van der Waals surface area (Å²) in [7, 11) is -3.76. The molecule has 2 aromatic carbocycles. The van der Waals surface area contributed by atoms with Crippen LogP contribution in [0, 0.1) is 0 Å². The Morgan fingerprint density at radius 1 is 1.00 bits per heavy atom. The fourth-order valence-corrected chi connectivity index (χ4v) is 4.65. The molecule has 1 heterocycles. The van der Waals surface area contributed by atoms with Crippen molar-refractivity contribution in [2.45, 2.75) is 17.7 Å². The summed E-state index contributed by atoms with van der Waals surface area (Å²) in [6, 6.07) is 14.0. The standard InChI is InChI=1S/C21H20N4O6S2/c26-18(23-15-8-6-14(7-9-15)20(29)22-11-10-19(27)28)12-16-13-32-21(24-16)25-33(30,31)17-4-2-1-3-5-17/h1-9,13H,10-12H2,(H,22,29)(H,23,26)(H,24,25)(H,27,28). The fraction of sp³-hybridized carbons (Fsp3) is 0.143. The summed E-state index contributed by atoms with van der Waals surface area (Å²) in [6.45, 7) is 0.0176. The second-order valence-electron chi connectivity index (χ2n) is 6.76. The zero-order valence-corrected chi connectivity index (χ0v) is 18.8. The van der Waals surface area contributed by atoms with E-state index >= 15 is 0 Å². The van der Waals surface area contributed by atoms with Gasteiger partial charge in [0.05, 0.1) is 23.4 Å². The van der Waals surface area contributed by atoms with Crippen molar-refractivity contribution in [2.24, 2.45) is 0 Å². The Morgan fingerprint density at radius 3 is 2.36 bits per heavy atom. The van der Waals surface area contributed by atoms with Crippen molar-refractivity contribution in [3.05, 3.63) is 71.2 Å². The third kappa shape index (κ3) is 7.12. The Labute approximate surface area is 193 Å². The zero-order valence-electron chi connectivity index (χ0n) is 17.1. The van der Waals surface area contributed by atoms with Crippen molar-refractivity contribution in [1.29, 1.82) is 0 Å². The maximum Gasteiger partial charge on any atom is 0.305 e. The maximum absolute atomic E-state index is 12.4. The molecule has 2 amide bonds. The molecule has 0 atom stereocenters. The Kier molecular flexibility index (Phi) is 7.74. The van der Waals surface area contributed by atoms with Crippen LogP contribution < -0.4 is 15.4 Å². The molecular weight excluding hydrogens is 468 g/mol. The largest absolute Gasteiger partial charge is 0.481 e. The number of rotatable bonds is 10. The lowest BCUT2D eigenvalue weighted by atomic mass is 10.2. The number of hydrogen-bond acceptors (Lipinski definition) is 7. The van der Waals surface area contributed by atoms with E-state index in [1.165, 1.54) is 24.3 Å². The normalized spacial score (nSPS) is 10.9. The number of nitrogens with zero attached hydrogens (tertiary/aromatic N) is 1. The molecular formula is C21H20N4O6S2. The molecule has 0 aliphatic carbocycles. The third-order valence-electron chi connectivity index (χ3n) is 4.22. The van der Waals surface area contributed by atoms with Crippen LogP contribution in [0.4, 0.5) is 10.8 Å². The molecule has 1 aromatic heterocycles. The molecule has 33 heavy (non-hydrogen) atoms. The van der Waals surface area contributed by atoms with Crippen molar-refractivity contribution in [1.82, 2.24) is 10.3 Å². The Balaban J connectivity index is 1.52. The van der Waals surface area contributed by atoms with Crippen molar-refractivity contribution < 1.29 is 27.9 Å². The van der Waals surface area contributed by atoms with Crippen LogP contribution in [0.25, 0.3) is 0 Å². The van der Waals surface area contributed by atoms with Crippen LogP contribution in [0.5, 0.6) is 0 Å². The first kappa shape index (κ1) is 23.9. The summed E-state index contributed by atoms with van der Waals surface area (Å²) < 4.78 is 27.1. The quantitative estimate of drug-likeness (QED) is 0.341. The number of aromatic nitrogens is 1. The minimum atomic E-state index is -3.76. The molecule has 0 spiro atoms.